The van der Waals surface area contributed by atoms with Crippen LogP contribution in [-0.2, 0) is 6.42 Å². The largest absolute Gasteiger partial charge is 0.382 e. The zero-order valence-electron chi connectivity index (χ0n) is 18.0. The summed E-state index contributed by atoms with van der Waals surface area (Å²) in [6, 6.07) is 11.9. The molecule has 2 aromatic rings. The number of nitriles is 1. The average Bonchev–Trinajstić information content (AvgIpc) is 3.09. The number of nitrogens with two attached hydrogens (primary N) is 1. The van der Waals surface area contributed by atoms with Crippen molar-refractivity contribution in [1.82, 2.24) is 20.0 Å². The van der Waals surface area contributed by atoms with Crippen molar-refractivity contribution in [3.63, 3.8) is 0 Å². The van der Waals surface area contributed by atoms with Gasteiger partial charge in [0.05, 0.1) is 11.4 Å². The van der Waals surface area contributed by atoms with Gasteiger partial charge in [-0.25, -0.2) is 4.68 Å². The number of aromatic nitrogens is 2. The standard InChI is InChI=1S/C22H31N7S/c1-16(2)20-15-28(12-13-30-20)22(25-3)26-11-7-10-19-18(14-23)21(24)29(27-19)17-8-5-4-6-9-17/h4-6,8-9,16,20H,7,10-13,15,24H2,1-3H3,(H,25,26). The summed E-state index contributed by atoms with van der Waals surface area (Å²) in [6.45, 7) is 7.38. The predicted molar refractivity (Wildman–Crippen MR) is 125 cm³/mol. The molecule has 1 fully saturated rings. The molecule has 0 saturated carbocycles. The van der Waals surface area contributed by atoms with E-state index in [0.29, 0.717) is 29.0 Å². The maximum Gasteiger partial charge on any atom is 0.193 e. The number of benzene rings is 1. The second-order valence-corrected chi connectivity index (χ2v) is 9.09. The van der Waals surface area contributed by atoms with Crippen LogP contribution in [0, 0.1) is 17.2 Å². The molecule has 1 aliphatic rings. The molecule has 160 valence electrons. The Hall–Kier alpha value is -2.66. The van der Waals surface area contributed by atoms with Crippen molar-refractivity contribution in [1.29, 1.82) is 5.26 Å². The molecule has 1 saturated heterocycles. The van der Waals surface area contributed by atoms with Gasteiger partial charge >= 0.3 is 0 Å². The third-order valence-corrected chi connectivity index (χ3v) is 6.87. The molecule has 2 heterocycles. The molecule has 7 nitrogen and oxygen atoms in total. The molecule has 30 heavy (non-hydrogen) atoms. The minimum absolute atomic E-state index is 0.396. The Balaban J connectivity index is 1.58. The van der Waals surface area contributed by atoms with Crippen molar-refractivity contribution in [3.05, 3.63) is 41.6 Å². The van der Waals surface area contributed by atoms with Gasteiger partial charge in [0, 0.05) is 37.7 Å². The van der Waals surface area contributed by atoms with Crippen LogP contribution >= 0.6 is 11.8 Å². The Labute approximate surface area is 183 Å². The minimum atomic E-state index is 0.396. The highest BCUT2D eigenvalue weighted by atomic mass is 32.2. The van der Waals surface area contributed by atoms with Gasteiger partial charge in [-0.05, 0) is 30.9 Å². The molecule has 8 heteroatoms. The highest BCUT2D eigenvalue weighted by molar-refractivity contribution is 8.00. The normalized spacial score (nSPS) is 17.2. The minimum Gasteiger partial charge on any atom is -0.382 e. The average molecular weight is 426 g/mol. The number of nitrogen functional groups attached to an aromatic ring is 1. The van der Waals surface area contributed by atoms with E-state index in [2.05, 4.69) is 52.0 Å². The summed E-state index contributed by atoms with van der Waals surface area (Å²) in [6.07, 6.45) is 1.52. The van der Waals surface area contributed by atoms with Gasteiger partial charge in [0.1, 0.15) is 17.5 Å². The van der Waals surface area contributed by atoms with Gasteiger partial charge in [0.2, 0.25) is 0 Å². The second kappa shape index (κ2) is 10.4. The van der Waals surface area contributed by atoms with Gasteiger partial charge in [-0.2, -0.15) is 22.1 Å². The summed E-state index contributed by atoms with van der Waals surface area (Å²) in [5.41, 5.74) is 8.26. The van der Waals surface area contributed by atoms with Crippen LogP contribution in [0.5, 0.6) is 0 Å². The maximum atomic E-state index is 9.56. The van der Waals surface area contributed by atoms with Crippen LogP contribution in [0.25, 0.3) is 5.69 Å². The van der Waals surface area contributed by atoms with Crippen molar-refractivity contribution in [2.24, 2.45) is 10.9 Å². The van der Waals surface area contributed by atoms with Crippen molar-refractivity contribution >= 4 is 23.5 Å². The second-order valence-electron chi connectivity index (χ2n) is 7.74. The SMILES string of the molecule is CN=C(NCCCc1nn(-c2ccccc2)c(N)c1C#N)N1CCSC(C(C)C)C1. The van der Waals surface area contributed by atoms with Gasteiger partial charge in [-0.1, -0.05) is 32.0 Å². The molecule has 0 bridgehead atoms. The highest BCUT2D eigenvalue weighted by Crippen LogP contribution is 2.25. The van der Waals surface area contributed by atoms with E-state index in [0.717, 1.165) is 49.1 Å². The quantitative estimate of drug-likeness (QED) is 0.420. The van der Waals surface area contributed by atoms with Gasteiger partial charge < -0.3 is 16.0 Å². The van der Waals surface area contributed by atoms with E-state index in [4.69, 9.17) is 5.73 Å². The lowest BCUT2D eigenvalue weighted by Crippen LogP contribution is -2.49. The van der Waals surface area contributed by atoms with Crippen molar-refractivity contribution in [2.45, 2.75) is 31.9 Å². The van der Waals surface area contributed by atoms with Gasteiger partial charge in [-0.3, -0.25) is 4.99 Å². The first kappa shape index (κ1) is 22.0. The number of nitrogens with one attached hydrogen (secondary N) is 1. The number of thioether (sulfide) groups is 1. The number of guanidine groups is 1. The number of nitrogens with zero attached hydrogens (tertiary/aromatic N) is 5. The fourth-order valence-corrected chi connectivity index (χ4v) is 4.90. The molecule has 1 aliphatic heterocycles. The molecular formula is C22H31N7S. The highest BCUT2D eigenvalue weighted by Gasteiger charge is 2.24. The first-order chi connectivity index (χ1) is 14.5. The lowest BCUT2D eigenvalue weighted by Gasteiger charge is -2.36. The number of aryl methyl sites for hydroxylation is 1. The summed E-state index contributed by atoms with van der Waals surface area (Å²) < 4.78 is 1.65. The van der Waals surface area contributed by atoms with E-state index >= 15 is 0 Å². The van der Waals surface area contributed by atoms with E-state index in [1.54, 1.807) is 4.68 Å². The van der Waals surface area contributed by atoms with Crippen molar-refractivity contribution < 1.29 is 0 Å². The fourth-order valence-electron chi connectivity index (χ4n) is 3.60. The first-order valence-electron chi connectivity index (χ1n) is 10.4. The first-order valence-corrected chi connectivity index (χ1v) is 11.5. The monoisotopic (exact) mass is 425 g/mol. The molecule has 1 unspecified atom stereocenters. The lowest BCUT2D eigenvalue weighted by molar-refractivity contribution is 0.380. The number of hydrogen-bond acceptors (Lipinski definition) is 5. The summed E-state index contributed by atoms with van der Waals surface area (Å²) >= 11 is 2.06. The van der Waals surface area contributed by atoms with Crippen LogP contribution in [0.15, 0.2) is 35.3 Å². The van der Waals surface area contributed by atoms with Crippen molar-refractivity contribution in [3.8, 4) is 11.8 Å². The third-order valence-electron chi connectivity index (χ3n) is 5.33. The Morgan fingerprint density at radius 1 is 1.40 bits per heavy atom. The van der Waals surface area contributed by atoms with Crippen LogP contribution in [0.2, 0.25) is 0 Å². The van der Waals surface area contributed by atoms with Gasteiger partial charge in [0.25, 0.3) is 0 Å². The number of anilines is 1. The van der Waals surface area contributed by atoms with Crippen LogP contribution < -0.4 is 11.1 Å². The van der Waals surface area contributed by atoms with E-state index in [1.807, 2.05) is 37.4 Å². The Bertz CT molecular complexity index is 898. The molecule has 0 spiro atoms. The number of para-hydroxylation sites is 1. The maximum absolute atomic E-state index is 9.56. The number of rotatable bonds is 6. The topological polar surface area (TPSA) is 95.3 Å². The molecule has 0 radical (unpaired) electrons. The Morgan fingerprint density at radius 2 is 2.17 bits per heavy atom. The smallest absolute Gasteiger partial charge is 0.193 e. The van der Waals surface area contributed by atoms with E-state index < -0.39 is 0 Å². The molecule has 1 aromatic carbocycles. The van der Waals surface area contributed by atoms with E-state index in [9.17, 15) is 5.26 Å². The number of hydrogen-bond donors (Lipinski definition) is 2. The molecule has 3 N–H and O–H groups in total. The lowest BCUT2D eigenvalue weighted by atomic mass is 10.1. The zero-order chi connectivity index (χ0) is 21.5. The fraction of sp³-hybridized carbons (Fsp3) is 0.500. The number of aliphatic imine (C=N–C) groups is 1. The summed E-state index contributed by atoms with van der Waals surface area (Å²) in [4.78, 5) is 6.82. The molecule has 0 aliphatic carbocycles. The van der Waals surface area contributed by atoms with Crippen LogP contribution in [0.3, 0.4) is 0 Å². The Kier molecular flexibility index (Phi) is 7.63. The van der Waals surface area contributed by atoms with Crippen LogP contribution in [0.1, 0.15) is 31.5 Å². The van der Waals surface area contributed by atoms with E-state index in [1.165, 1.54) is 0 Å². The van der Waals surface area contributed by atoms with Gasteiger partial charge in [0.15, 0.2) is 5.96 Å². The molecule has 1 atom stereocenters. The molecular weight excluding hydrogens is 394 g/mol. The summed E-state index contributed by atoms with van der Waals surface area (Å²) in [7, 11) is 1.84. The van der Waals surface area contributed by atoms with Crippen molar-refractivity contribution in [2.75, 3.05) is 38.2 Å². The summed E-state index contributed by atoms with van der Waals surface area (Å²) in [5.74, 6) is 3.14. The van der Waals surface area contributed by atoms with Crippen LogP contribution in [0.4, 0.5) is 5.82 Å². The molecule has 0 amide bonds. The third kappa shape index (κ3) is 5.08. The summed E-state index contributed by atoms with van der Waals surface area (Å²) in [5, 5.41) is 18.3. The van der Waals surface area contributed by atoms with Crippen LogP contribution in [-0.4, -0.2) is 58.3 Å². The molecule has 1 aromatic heterocycles. The van der Waals surface area contributed by atoms with Gasteiger partial charge in [-0.15, -0.1) is 0 Å². The zero-order valence-corrected chi connectivity index (χ0v) is 18.8. The van der Waals surface area contributed by atoms with E-state index in [-0.39, 0.29) is 0 Å². The Morgan fingerprint density at radius 3 is 2.83 bits per heavy atom. The molecule has 3 rings (SSSR count). The predicted octanol–water partition coefficient (Wildman–Crippen LogP) is 2.91.